The lowest BCUT2D eigenvalue weighted by Gasteiger charge is -2.29. The number of carbonyl (C=O) groups excluding carboxylic acids is 1. The van der Waals surface area contributed by atoms with Gasteiger partial charge in [-0.25, -0.2) is 9.97 Å². The van der Waals surface area contributed by atoms with Crippen molar-refractivity contribution in [3.63, 3.8) is 0 Å². The molecule has 144 valence electrons. The van der Waals surface area contributed by atoms with Crippen LogP contribution in [0.4, 0.5) is 0 Å². The second kappa shape index (κ2) is 8.84. The molecule has 1 N–H and O–H groups in total. The van der Waals surface area contributed by atoms with E-state index in [9.17, 15) is 4.79 Å². The maximum atomic E-state index is 12.4. The average Bonchev–Trinajstić information content (AvgIpc) is 2.63. The van der Waals surface area contributed by atoms with Gasteiger partial charge in [-0.15, -0.1) is 0 Å². The minimum absolute atomic E-state index is 0.0416. The molecular weight excluding hydrogens is 342 g/mol. The van der Waals surface area contributed by atoms with E-state index >= 15 is 0 Å². The zero-order chi connectivity index (χ0) is 19.2. The first-order valence-corrected chi connectivity index (χ1v) is 9.56. The first-order valence-electron chi connectivity index (χ1n) is 9.56. The number of aryl methyl sites for hydroxylation is 2. The smallest absolute Gasteiger partial charge is 0.317 e. The van der Waals surface area contributed by atoms with Gasteiger partial charge in [-0.3, -0.25) is 4.79 Å². The number of benzene rings is 1. The molecule has 1 aliphatic rings. The van der Waals surface area contributed by atoms with E-state index < -0.39 is 0 Å². The fraction of sp³-hybridized carbons (Fsp3) is 0.476. The molecule has 6 nitrogen and oxygen atoms in total. The summed E-state index contributed by atoms with van der Waals surface area (Å²) in [5.74, 6) is 0.736. The molecule has 1 aromatic heterocycles. The minimum atomic E-state index is -0.0416. The van der Waals surface area contributed by atoms with Gasteiger partial charge in [0.2, 0.25) is 0 Å². The Morgan fingerprint density at radius 3 is 2.30 bits per heavy atom. The van der Waals surface area contributed by atoms with Crippen molar-refractivity contribution in [2.75, 3.05) is 6.61 Å². The summed E-state index contributed by atoms with van der Waals surface area (Å²) in [5.41, 5.74) is 2.48. The SMILES string of the molecule is CCOc1ccc(C(=O)NC2CCC(Oc3nc(C)cc(C)n3)CC2)cc1. The third kappa shape index (κ3) is 5.42. The van der Waals surface area contributed by atoms with Gasteiger partial charge in [-0.1, -0.05) is 0 Å². The molecule has 1 fully saturated rings. The van der Waals surface area contributed by atoms with E-state index in [2.05, 4.69) is 15.3 Å². The van der Waals surface area contributed by atoms with Gasteiger partial charge < -0.3 is 14.8 Å². The highest BCUT2D eigenvalue weighted by atomic mass is 16.5. The molecule has 0 radical (unpaired) electrons. The zero-order valence-electron chi connectivity index (χ0n) is 16.2. The molecular formula is C21H27N3O3. The number of aromatic nitrogens is 2. The fourth-order valence-corrected chi connectivity index (χ4v) is 3.36. The van der Waals surface area contributed by atoms with Gasteiger partial charge in [0.05, 0.1) is 6.61 Å². The lowest BCUT2D eigenvalue weighted by molar-refractivity contribution is 0.0884. The molecule has 1 saturated carbocycles. The topological polar surface area (TPSA) is 73.3 Å². The molecule has 6 heteroatoms. The summed E-state index contributed by atoms with van der Waals surface area (Å²) < 4.78 is 11.4. The predicted molar refractivity (Wildman–Crippen MR) is 103 cm³/mol. The summed E-state index contributed by atoms with van der Waals surface area (Å²) in [7, 11) is 0. The van der Waals surface area contributed by atoms with Crippen LogP contribution in [0.15, 0.2) is 30.3 Å². The van der Waals surface area contributed by atoms with Crippen molar-refractivity contribution in [2.24, 2.45) is 0 Å². The molecule has 1 aliphatic carbocycles. The molecule has 0 spiro atoms. The van der Waals surface area contributed by atoms with Crippen molar-refractivity contribution in [3.05, 3.63) is 47.3 Å². The molecule has 0 bridgehead atoms. The number of rotatable bonds is 6. The molecule has 0 atom stereocenters. The van der Waals surface area contributed by atoms with Gasteiger partial charge in [0, 0.05) is 23.0 Å². The summed E-state index contributed by atoms with van der Waals surface area (Å²) in [6.07, 6.45) is 3.64. The Morgan fingerprint density at radius 2 is 1.70 bits per heavy atom. The first-order chi connectivity index (χ1) is 13.0. The normalized spacial score (nSPS) is 19.4. The van der Waals surface area contributed by atoms with Gasteiger partial charge in [0.1, 0.15) is 11.9 Å². The Hall–Kier alpha value is -2.63. The number of hydrogen-bond donors (Lipinski definition) is 1. The van der Waals surface area contributed by atoms with Crippen LogP contribution in [0.1, 0.15) is 54.4 Å². The van der Waals surface area contributed by atoms with Crippen molar-refractivity contribution in [2.45, 2.75) is 58.6 Å². The first kappa shape index (κ1) is 19.1. The molecule has 2 aromatic rings. The molecule has 0 saturated heterocycles. The van der Waals surface area contributed by atoms with Crippen LogP contribution in [0.5, 0.6) is 11.8 Å². The summed E-state index contributed by atoms with van der Waals surface area (Å²) in [4.78, 5) is 21.1. The van der Waals surface area contributed by atoms with E-state index in [1.807, 2.05) is 39.0 Å². The standard InChI is InChI=1S/C21H27N3O3/c1-4-26-18-9-5-16(6-10-18)20(25)24-17-7-11-19(12-8-17)27-21-22-14(2)13-15(3)23-21/h5-6,9-10,13,17,19H,4,7-8,11-12H2,1-3H3,(H,24,25). The number of nitrogens with zero attached hydrogens (tertiary/aromatic N) is 2. The second-order valence-corrected chi connectivity index (χ2v) is 6.96. The third-order valence-corrected chi connectivity index (χ3v) is 4.67. The van der Waals surface area contributed by atoms with Gasteiger partial charge in [-0.05, 0) is 76.8 Å². The average molecular weight is 369 g/mol. The van der Waals surface area contributed by atoms with Crippen molar-refractivity contribution in [1.29, 1.82) is 0 Å². The Morgan fingerprint density at radius 1 is 1.07 bits per heavy atom. The maximum Gasteiger partial charge on any atom is 0.317 e. The molecule has 0 aliphatic heterocycles. The number of hydrogen-bond acceptors (Lipinski definition) is 5. The summed E-state index contributed by atoms with van der Waals surface area (Å²) >= 11 is 0. The van der Waals surface area contributed by atoms with Crippen LogP contribution in [0.2, 0.25) is 0 Å². The molecule has 1 amide bonds. The largest absolute Gasteiger partial charge is 0.494 e. The van der Waals surface area contributed by atoms with E-state index in [-0.39, 0.29) is 18.1 Å². The van der Waals surface area contributed by atoms with Gasteiger partial charge in [-0.2, -0.15) is 0 Å². The van der Waals surface area contributed by atoms with Crippen LogP contribution in [-0.4, -0.2) is 34.6 Å². The van der Waals surface area contributed by atoms with Crippen LogP contribution in [-0.2, 0) is 0 Å². The highest BCUT2D eigenvalue weighted by molar-refractivity contribution is 5.94. The molecule has 0 unspecified atom stereocenters. The molecule has 3 rings (SSSR count). The van der Waals surface area contributed by atoms with Crippen LogP contribution < -0.4 is 14.8 Å². The highest BCUT2D eigenvalue weighted by Crippen LogP contribution is 2.23. The van der Waals surface area contributed by atoms with Gasteiger partial charge in [0.15, 0.2) is 0 Å². The molecule has 1 aromatic carbocycles. The number of nitrogens with one attached hydrogen (secondary N) is 1. The van der Waals surface area contributed by atoms with E-state index in [1.54, 1.807) is 12.1 Å². The van der Waals surface area contributed by atoms with Crippen LogP contribution >= 0.6 is 0 Å². The van der Waals surface area contributed by atoms with E-state index in [0.29, 0.717) is 18.2 Å². The minimum Gasteiger partial charge on any atom is -0.494 e. The van der Waals surface area contributed by atoms with Crippen LogP contribution in [0, 0.1) is 13.8 Å². The summed E-state index contributed by atoms with van der Waals surface area (Å²) in [6.45, 7) is 6.43. The van der Waals surface area contributed by atoms with Crippen LogP contribution in [0.25, 0.3) is 0 Å². The number of ether oxygens (including phenoxy) is 2. The molecule has 27 heavy (non-hydrogen) atoms. The Bertz CT molecular complexity index is 748. The van der Waals surface area contributed by atoms with E-state index in [1.165, 1.54) is 0 Å². The van der Waals surface area contributed by atoms with Crippen molar-refractivity contribution in [1.82, 2.24) is 15.3 Å². The number of carbonyl (C=O) groups is 1. The Balaban J connectivity index is 1.48. The van der Waals surface area contributed by atoms with Gasteiger partial charge >= 0.3 is 6.01 Å². The second-order valence-electron chi connectivity index (χ2n) is 6.96. The lowest BCUT2D eigenvalue weighted by atomic mass is 9.92. The fourth-order valence-electron chi connectivity index (χ4n) is 3.36. The van der Waals surface area contributed by atoms with Crippen LogP contribution in [0.3, 0.4) is 0 Å². The summed E-state index contributed by atoms with van der Waals surface area (Å²) in [5, 5.41) is 3.12. The van der Waals surface area contributed by atoms with E-state index in [0.717, 1.165) is 42.8 Å². The van der Waals surface area contributed by atoms with Crippen molar-refractivity contribution < 1.29 is 14.3 Å². The quantitative estimate of drug-likeness (QED) is 0.842. The van der Waals surface area contributed by atoms with Crippen molar-refractivity contribution >= 4 is 5.91 Å². The lowest BCUT2D eigenvalue weighted by Crippen LogP contribution is -2.39. The monoisotopic (exact) mass is 369 g/mol. The zero-order valence-corrected chi connectivity index (χ0v) is 16.2. The highest BCUT2D eigenvalue weighted by Gasteiger charge is 2.24. The Labute approximate surface area is 160 Å². The van der Waals surface area contributed by atoms with E-state index in [4.69, 9.17) is 9.47 Å². The number of amides is 1. The third-order valence-electron chi connectivity index (χ3n) is 4.67. The van der Waals surface area contributed by atoms with Crippen molar-refractivity contribution in [3.8, 4) is 11.8 Å². The Kier molecular flexibility index (Phi) is 6.27. The molecule has 1 heterocycles. The predicted octanol–water partition coefficient (Wildman–Crippen LogP) is 3.61. The van der Waals surface area contributed by atoms with Gasteiger partial charge in [0.25, 0.3) is 5.91 Å². The maximum absolute atomic E-state index is 12.4. The summed E-state index contributed by atoms with van der Waals surface area (Å²) in [6, 6.07) is 9.80.